The molecule has 2 aliphatic heterocycles. The van der Waals surface area contributed by atoms with E-state index in [0.29, 0.717) is 38.9 Å². The average Bonchev–Trinajstić information content (AvgIpc) is 3.39. The highest BCUT2D eigenvalue weighted by Crippen LogP contribution is 2.43. The fourth-order valence-corrected chi connectivity index (χ4v) is 6.89. The average molecular weight is 654 g/mol. The van der Waals surface area contributed by atoms with Crippen molar-refractivity contribution in [3.63, 3.8) is 0 Å². The Labute approximate surface area is 257 Å². The van der Waals surface area contributed by atoms with Gasteiger partial charge in [0.1, 0.15) is 11.9 Å². The van der Waals surface area contributed by atoms with Crippen LogP contribution in [0.5, 0.6) is 5.88 Å². The Hall–Kier alpha value is -3.62. The van der Waals surface area contributed by atoms with Crippen LogP contribution >= 0.6 is 11.6 Å². The van der Waals surface area contributed by atoms with Gasteiger partial charge in [0.05, 0.1) is 10.6 Å². The van der Waals surface area contributed by atoms with Crippen molar-refractivity contribution in [2.45, 2.75) is 49.4 Å². The Kier molecular flexibility index (Phi) is 8.71. The molecule has 2 saturated heterocycles. The summed E-state index contributed by atoms with van der Waals surface area (Å²) in [6.07, 6.45) is -5.60. The predicted molar refractivity (Wildman–Crippen MR) is 158 cm³/mol. The summed E-state index contributed by atoms with van der Waals surface area (Å²) < 4.78 is 74.4. The number of rotatable bonds is 8. The van der Waals surface area contributed by atoms with Gasteiger partial charge in [0, 0.05) is 36.3 Å². The molecule has 10 nitrogen and oxygen atoms in total. The summed E-state index contributed by atoms with van der Waals surface area (Å²) in [5, 5.41) is 12.5. The second-order valence-corrected chi connectivity index (χ2v) is 13.8. The van der Waals surface area contributed by atoms with E-state index in [1.165, 1.54) is 55.5 Å². The van der Waals surface area contributed by atoms with E-state index in [0.717, 1.165) is 0 Å². The molecule has 236 valence electrons. The van der Waals surface area contributed by atoms with Crippen molar-refractivity contribution in [3.05, 3.63) is 59.1 Å². The van der Waals surface area contributed by atoms with E-state index in [-0.39, 0.29) is 49.5 Å². The number of anilines is 2. The van der Waals surface area contributed by atoms with Crippen LogP contribution in [-0.2, 0) is 14.6 Å². The summed E-state index contributed by atoms with van der Waals surface area (Å²) >= 11 is 6.18. The number of hydrogen-bond acceptors (Lipinski definition) is 9. The lowest BCUT2D eigenvalue weighted by molar-refractivity contribution is -0.198. The SMILES string of the molecule is CCS(=O)(=O)c1cccc(-c2cc(Cl)ccc2C(Oc2cc(N3CCC4(CC3)CN[C@H](C(=O)O)C4)nc(N)n2)C(F)(F)F)c1. The molecule has 3 heterocycles. The topological polar surface area (TPSA) is 148 Å². The van der Waals surface area contributed by atoms with E-state index in [1.807, 2.05) is 4.90 Å². The van der Waals surface area contributed by atoms with Gasteiger partial charge in [-0.2, -0.15) is 23.1 Å². The van der Waals surface area contributed by atoms with Crippen molar-refractivity contribution in [1.29, 1.82) is 0 Å². The number of aliphatic carboxylic acids is 1. The molecular formula is C29H31ClF3N5O5S. The first-order chi connectivity index (χ1) is 20.7. The number of ether oxygens (including phenoxy) is 1. The van der Waals surface area contributed by atoms with Gasteiger partial charge in [-0.3, -0.25) is 4.79 Å². The number of piperidine rings is 1. The Morgan fingerprint density at radius 3 is 2.57 bits per heavy atom. The van der Waals surface area contributed by atoms with Gasteiger partial charge in [-0.15, -0.1) is 0 Å². The number of carboxylic acids is 1. The molecule has 1 unspecified atom stereocenters. The van der Waals surface area contributed by atoms with Gasteiger partial charge in [-0.1, -0.05) is 36.7 Å². The molecule has 2 atom stereocenters. The second-order valence-electron chi connectivity index (χ2n) is 11.1. The number of nitrogens with zero attached hydrogens (tertiary/aromatic N) is 3. The van der Waals surface area contributed by atoms with Crippen LogP contribution in [0.4, 0.5) is 24.9 Å². The Morgan fingerprint density at radius 1 is 1.20 bits per heavy atom. The molecule has 0 radical (unpaired) electrons. The fourth-order valence-electron chi connectivity index (χ4n) is 5.79. The maximum Gasteiger partial charge on any atom is 0.429 e. The van der Waals surface area contributed by atoms with Crippen molar-refractivity contribution >= 4 is 39.2 Å². The molecule has 4 N–H and O–H groups in total. The van der Waals surface area contributed by atoms with Gasteiger partial charge in [0.25, 0.3) is 0 Å². The standard InChI is InChI=1S/C29H31ClF3N5O5S/c1-2-44(41,42)19-5-3-4-17(12-19)21-13-18(30)6-7-20(21)25(29(31,32)33)43-24-14-23(36-27(34)37-24)38-10-8-28(9-11-38)15-22(26(39)40)35-16-28/h3-7,12-14,22,25,35H,2,8-11,15-16H2,1H3,(H,39,40)(H2,34,36,37)/t22-,25?/m0/s1. The summed E-state index contributed by atoms with van der Waals surface area (Å²) in [6.45, 7) is 3.03. The third-order valence-electron chi connectivity index (χ3n) is 8.23. The number of benzene rings is 2. The maximum atomic E-state index is 14.6. The van der Waals surface area contributed by atoms with E-state index < -0.39 is 40.0 Å². The number of nitrogens with two attached hydrogens (primary N) is 1. The lowest BCUT2D eigenvalue weighted by Crippen LogP contribution is -2.41. The predicted octanol–water partition coefficient (Wildman–Crippen LogP) is 4.89. The fraction of sp³-hybridized carbons (Fsp3) is 0.414. The number of sulfone groups is 1. The maximum absolute atomic E-state index is 14.6. The summed E-state index contributed by atoms with van der Waals surface area (Å²) in [4.78, 5) is 21.4. The summed E-state index contributed by atoms with van der Waals surface area (Å²) in [7, 11) is -3.63. The molecule has 0 saturated carbocycles. The van der Waals surface area contributed by atoms with Crippen molar-refractivity contribution in [3.8, 4) is 17.0 Å². The highest BCUT2D eigenvalue weighted by atomic mass is 35.5. The Balaban J connectivity index is 1.44. The van der Waals surface area contributed by atoms with Crippen LogP contribution in [0.1, 0.15) is 37.9 Å². The highest BCUT2D eigenvalue weighted by Gasteiger charge is 2.46. The van der Waals surface area contributed by atoms with Gasteiger partial charge in [0.2, 0.25) is 17.9 Å². The number of hydrogen-bond donors (Lipinski definition) is 3. The number of nitrogen functional groups attached to an aromatic ring is 1. The lowest BCUT2D eigenvalue weighted by Gasteiger charge is -2.39. The Morgan fingerprint density at radius 2 is 1.93 bits per heavy atom. The Bertz CT molecular complexity index is 1670. The van der Waals surface area contributed by atoms with Gasteiger partial charge in [0.15, 0.2) is 9.84 Å². The largest absolute Gasteiger partial charge is 0.480 e. The zero-order chi connectivity index (χ0) is 31.9. The molecule has 0 amide bonds. The van der Waals surface area contributed by atoms with E-state index in [9.17, 15) is 31.5 Å². The van der Waals surface area contributed by atoms with Crippen molar-refractivity contribution in [2.24, 2.45) is 5.41 Å². The smallest absolute Gasteiger partial charge is 0.429 e. The van der Waals surface area contributed by atoms with Crippen LogP contribution in [-0.4, -0.2) is 67.1 Å². The van der Waals surface area contributed by atoms with E-state index in [1.54, 1.807) is 0 Å². The molecule has 1 aromatic heterocycles. The monoisotopic (exact) mass is 653 g/mol. The summed E-state index contributed by atoms with van der Waals surface area (Å²) in [5.74, 6) is -1.45. The molecular weight excluding hydrogens is 623 g/mol. The molecule has 15 heteroatoms. The number of carboxylic acid groups (broad SMARTS) is 1. The first-order valence-electron chi connectivity index (χ1n) is 13.9. The number of alkyl halides is 3. The van der Waals surface area contributed by atoms with E-state index in [2.05, 4.69) is 15.3 Å². The zero-order valence-electron chi connectivity index (χ0n) is 23.6. The molecule has 0 bridgehead atoms. The number of nitrogens with one attached hydrogen (secondary N) is 1. The van der Waals surface area contributed by atoms with Gasteiger partial charge in [-0.05, 0) is 60.1 Å². The van der Waals surface area contributed by atoms with Gasteiger partial charge >= 0.3 is 12.1 Å². The van der Waals surface area contributed by atoms with E-state index in [4.69, 9.17) is 22.1 Å². The molecule has 0 aliphatic carbocycles. The van der Waals surface area contributed by atoms with Crippen LogP contribution in [0.3, 0.4) is 0 Å². The first kappa shape index (κ1) is 31.8. The molecule has 3 aromatic rings. The van der Waals surface area contributed by atoms with Crippen LogP contribution in [0.15, 0.2) is 53.4 Å². The highest BCUT2D eigenvalue weighted by molar-refractivity contribution is 7.91. The van der Waals surface area contributed by atoms with Crippen LogP contribution in [0.2, 0.25) is 5.02 Å². The zero-order valence-corrected chi connectivity index (χ0v) is 25.2. The quantitative estimate of drug-likeness (QED) is 0.307. The van der Waals surface area contributed by atoms with Crippen LogP contribution in [0, 0.1) is 5.41 Å². The number of carbonyl (C=O) groups is 1. The van der Waals surface area contributed by atoms with Crippen LogP contribution in [0.25, 0.3) is 11.1 Å². The lowest BCUT2D eigenvalue weighted by atomic mass is 9.76. The van der Waals surface area contributed by atoms with Crippen molar-refractivity contribution in [1.82, 2.24) is 15.3 Å². The number of aromatic nitrogens is 2. The third kappa shape index (κ3) is 6.71. The van der Waals surface area contributed by atoms with Crippen LogP contribution < -0.4 is 20.7 Å². The minimum absolute atomic E-state index is 0.0312. The van der Waals surface area contributed by atoms with Gasteiger partial charge < -0.3 is 25.8 Å². The normalized spacial score (nSPS) is 19.2. The minimum atomic E-state index is -4.91. The molecule has 5 rings (SSSR count). The summed E-state index contributed by atoms with van der Waals surface area (Å²) in [6, 6.07) is 10.1. The summed E-state index contributed by atoms with van der Waals surface area (Å²) in [5.41, 5.74) is 5.68. The molecule has 2 fully saturated rings. The van der Waals surface area contributed by atoms with E-state index >= 15 is 0 Å². The van der Waals surface area contributed by atoms with Crippen molar-refractivity contribution < 1.29 is 36.2 Å². The molecule has 44 heavy (non-hydrogen) atoms. The van der Waals surface area contributed by atoms with Crippen molar-refractivity contribution in [2.75, 3.05) is 36.0 Å². The molecule has 2 aliphatic rings. The molecule has 2 aromatic carbocycles. The van der Waals surface area contributed by atoms with Gasteiger partial charge in [-0.25, -0.2) is 8.42 Å². The molecule has 1 spiro atoms. The third-order valence-corrected chi connectivity index (χ3v) is 10.2. The number of halogens is 4. The second kappa shape index (κ2) is 12.1. The minimum Gasteiger partial charge on any atom is -0.480 e. The first-order valence-corrected chi connectivity index (χ1v) is 15.9.